The molecule has 0 N–H and O–H groups in total. The van der Waals surface area contributed by atoms with Crippen molar-refractivity contribution >= 4 is 40.1 Å². The third kappa shape index (κ3) is 2.49. The molecule has 0 saturated heterocycles. The predicted molar refractivity (Wildman–Crippen MR) is 108 cm³/mol. The average molecular weight is 378 g/mol. The maximum atomic E-state index is 6.06. The van der Waals surface area contributed by atoms with Crippen LogP contribution >= 0.6 is 22.9 Å². The van der Waals surface area contributed by atoms with E-state index < -0.39 is 0 Å². The number of hydrogen-bond donors (Lipinski definition) is 0. The summed E-state index contributed by atoms with van der Waals surface area (Å²) in [6.45, 7) is 2.05. The molecule has 1 aromatic carbocycles. The molecule has 3 nitrogen and oxygen atoms in total. The van der Waals surface area contributed by atoms with E-state index in [-0.39, 0.29) is 0 Å². The van der Waals surface area contributed by atoms with Gasteiger partial charge in [0.05, 0.1) is 26.7 Å². The second-order valence-corrected chi connectivity index (χ2v) is 7.92. The van der Waals surface area contributed by atoms with Crippen LogP contribution in [0.1, 0.15) is 24.1 Å². The van der Waals surface area contributed by atoms with Crippen LogP contribution in [0.4, 0.5) is 0 Å². The Bertz CT molecular complexity index is 1250. The number of rotatable bonds is 2. The summed E-state index contributed by atoms with van der Waals surface area (Å²) in [5.41, 5.74) is 5.75. The lowest BCUT2D eigenvalue weighted by molar-refractivity contribution is 0.934. The van der Waals surface area contributed by atoms with Gasteiger partial charge < -0.3 is 0 Å². The van der Waals surface area contributed by atoms with Crippen LogP contribution in [-0.4, -0.2) is 14.6 Å². The zero-order valence-electron chi connectivity index (χ0n) is 14.2. The highest BCUT2D eigenvalue weighted by Gasteiger charge is 2.17. The molecule has 0 saturated carbocycles. The quantitative estimate of drug-likeness (QED) is 0.524. The van der Waals surface area contributed by atoms with E-state index in [2.05, 4.69) is 36.3 Å². The number of benzene rings is 1. The number of nitrogens with zero attached hydrogens (tertiary/aromatic N) is 3. The standard InChI is InChI=1S/C21H16ClN3S/c1-13-19(17-6-2-3-12-25(17)24-13)21-23-20-16(5-4-7-18(20)26-21)14-8-10-15(22)11-9-14/h2-3,6-12H,4-5H2,1H3. The molecule has 0 atom stereocenters. The Hall–Kier alpha value is -2.43. The van der Waals surface area contributed by atoms with Crippen molar-refractivity contribution in [3.8, 4) is 10.6 Å². The van der Waals surface area contributed by atoms with Crippen LogP contribution < -0.4 is 9.88 Å². The van der Waals surface area contributed by atoms with E-state index in [9.17, 15) is 0 Å². The van der Waals surface area contributed by atoms with Crippen molar-refractivity contribution in [3.63, 3.8) is 0 Å². The second kappa shape index (κ2) is 6.08. The van der Waals surface area contributed by atoms with Crippen molar-refractivity contribution in [2.24, 2.45) is 0 Å². The van der Waals surface area contributed by atoms with Gasteiger partial charge in [0.15, 0.2) is 0 Å². The highest BCUT2D eigenvalue weighted by molar-refractivity contribution is 7.13. The van der Waals surface area contributed by atoms with Crippen LogP contribution in [-0.2, 0) is 0 Å². The van der Waals surface area contributed by atoms with E-state index in [1.807, 2.05) is 35.0 Å². The van der Waals surface area contributed by atoms with Gasteiger partial charge in [-0.25, -0.2) is 9.50 Å². The number of aryl methyl sites for hydroxylation is 1. The number of pyridine rings is 1. The van der Waals surface area contributed by atoms with Crippen molar-refractivity contribution < 1.29 is 0 Å². The van der Waals surface area contributed by atoms with E-state index in [4.69, 9.17) is 16.6 Å². The van der Waals surface area contributed by atoms with Crippen molar-refractivity contribution in [1.29, 1.82) is 0 Å². The van der Waals surface area contributed by atoms with E-state index in [1.54, 1.807) is 11.3 Å². The Labute approximate surface area is 159 Å². The van der Waals surface area contributed by atoms with Crippen LogP contribution in [0, 0.1) is 6.92 Å². The first-order chi connectivity index (χ1) is 12.7. The summed E-state index contributed by atoms with van der Waals surface area (Å²) < 4.78 is 3.18. The summed E-state index contributed by atoms with van der Waals surface area (Å²) in [6, 6.07) is 14.2. The largest absolute Gasteiger partial charge is 0.240 e. The molecule has 1 aliphatic carbocycles. The summed E-state index contributed by atoms with van der Waals surface area (Å²) in [6.07, 6.45) is 6.33. The average Bonchev–Trinajstić information content (AvgIpc) is 3.21. The Morgan fingerprint density at radius 3 is 2.81 bits per heavy atom. The fourth-order valence-electron chi connectivity index (χ4n) is 3.57. The first-order valence-corrected chi connectivity index (χ1v) is 9.80. The van der Waals surface area contributed by atoms with Crippen molar-refractivity contribution in [3.05, 3.63) is 74.8 Å². The minimum absolute atomic E-state index is 0.762. The molecule has 5 rings (SSSR count). The van der Waals surface area contributed by atoms with Crippen LogP contribution in [0.5, 0.6) is 0 Å². The first-order valence-electron chi connectivity index (χ1n) is 8.61. The third-order valence-corrected chi connectivity index (χ3v) is 6.11. The second-order valence-electron chi connectivity index (χ2n) is 6.45. The molecule has 0 aliphatic heterocycles. The van der Waals surface area contributed by atoms with E-state index in [1.165, 1.54) is 15.7 Å². The Balaban J connectivity index is 1.77. The summed E-state index contributed by atoms with van der Waals surface area (Å²) in [5.74, 6) is 0. The normalized spacial score (nSPS) is 13.7. The van der Waals surface area contributed by atoms with E-state index in [0.717, 1.165) is 45.0 Å². The highest BCUT2D eigenvalue weighted by Crippen LogP contribution is 2.29. The number of fused-ring (bicyclic) bond motifs is 2. The molecule has 0 radical (unpaired) electrons. The maximum Gasteiger partial charge on any atom is 0.128 e. The van der Waals surface area contributed by atoms with Crippen molar-refractivity contribution in [2.45, 2.75) is 19.8 Å². The molecular formula is C21H16ClN3S. The molecule has 0 fully saturated rings. The smallest absolute Gasteiger partial charge is 0.128 e. The number of halogens is 1. The van der Waals surface area contributed by atoms with Gasteiger partial charge in [0.1, 0.15) is 5.01 Å². The van der Waals surface area contributed by atoms with Gasteiger partial charge in [-0.2, -0.15) is 5.10 Å². The molecule has 3 aromatic heterocycles. The molecule has 4 aromatic rings. The Kier molecular flexibility index (Phi) is 3.69. The Morgan fingerprint density at radius 1 is 1.12 bits per heavy atom. The zero-order valence-corrected chi connectivity index (χ0v) is 15.8. The molecule has 3 heterocycles. The van der Waals surface area contributed by atoms with Gasteiger partial charge in [0.2, 0.25) is 0 Å². The van der Waals surface area contributed by atoms with Gasteiger partial charge in [-0.1, -0.05) is 35.9 Å². The first kappa shape index (κ1) is 15.8. The lowest BCUT2D eigenvalue weighted by atomic mass is 9.98. The van der Waals surface area contributed by atoms with Gasteiger partial charge in [0.25, 0.3) is 0 Å². The van der Waals surface area contributed by atoms with E-state index in [0.29, 0.717) is 0 Å². The fraction of sp³-hybridized carbons (Fsp3) is 0.143. The van der Waals surface area contributed by atoms with Gasteiger partial charge in [-0.15, -0.1) is 11.3 Å². The molecule has 0 spiro atoms. The van der Waals surface area contributed by atoms with Crippen LogP contribution in [0.2, 0.25) is 5.02 Å². The molecule has 128 valence electrons. The van der Waals surface area contributed by atoms with Crippen molar-refractivity contribution in [2.75, 3.05) is 0 Å². The summed E-state index contributed by atoms with van der Waals surface area (Å²) in [4.78, 5) is 5.05. The minimum Gasteiger partial charge on any atom is -0.240 e. The molecule has 0 bridgehead atoms. The summed E-state index contributed by atoms with van der Waals surface area (Å²) in [5, 5.41) is 7.54. The van der Waals surface area contributed by atoms with Crippen LogP contribution in [0.3, 0.4) is 0 Å². The molecular weight excluding hydrogens is 362 g/mol. The maximum absolute atomic E-state index is 6.06. The predicted octanol–water partition coefficient (Wildman–Crippen LogP) is 4.19. The lowest BCUT2D eigenvalue weighted by Gasteiger charge is -2.08. The van der Waals surface area contributed by atoms with Gasteiger partial charge >= 0.3 is 0 Å². The summed E-state index contributed by atoms with van der Waals surface area (Å²) in [7, 11) is 0. The van der Waals surface area contributed by atoms with Gasteiger partial charge in [0, 0.05) is 11.2 Å². The number of aromatic nitrogens is 3. The van der Waals surface area contributed by atoms with Gasteiger partial charge in [-0.05, 0) is 55.2 Å². The van der Waals surface area contributed by atoms with Crippen LogP contribution in [0.25, 0.3) is 27.7 Å². The molecule has 5 heteroatoms. The zero-order chi connectivity index (χ0) is 17.7. The minimum atomic E-state index is 0.762. The SMILES string of the molecule is Cc1nn2ccccc2c1-c1nc2c(s1)=CCCC=2c1ccc(Cl)cc1. The molecule has 1 aliphatic rings. The number of hydrogen-bond acceptors (Lipinski definition) is 3. The summed E-state index contributed by atoms with van der Waals surface area (Å²) >= 11 is 7.81. The highest BCUT2D eigenvalue weighted by atomic mass is 35.5. The third-order valence-electron chi connectivity index (χ3n) is 4.78. The lowest BCUT2D eigenvalue weighted by Crippen LogP contribution is -2.27. The molecule has 26 heavy (non-hydrogen) atoms. The van der Waals surface area contributed by atoms with E-state index >= 15 is 0 Å². The monoisotopic (exact) mass is 377 g/mol. The molecule has 0 amide bonds. The van der Waals surface area contributed by atoms with Crippen molar-refractivity contribution in [1.82, 2.24) is 14.6 Å². The fourth-order valence-corrected chi connectivity index (χ4v) is 4.86. The topological polar surface area (TPSA) is 30.2 Å². The van der Waals surface area contributed by atoms with Gasteiger partial charge in [-0.3, -0.25) is 0 Å². The number of thiazole rings is 1. The molecule has 0 unspecified atom stereocenters. The Morgan fingerprint density at radius 2 is 1.96 bits per heavy atom. The van der Waals surface area contributed by atoms with Crippen LogP contribution in [0.15, 0.2) is 48.7 Å².